The van der Waals surface area contributed by atoms with Gasteiger partial charge in [-0.3, -0.25) is 0 Å². The number of nitrogens with zero attached hydrogens (tertiary/aromatic N) is 2. The van der Waals surface area contributed by atoms with Gasteiger partial charge in [0.15, 0.2) is 5.82 Å². The van der Waals surface area contributed by atoms with Gasteiger partial charge in [0.2, 0.25) is 0 Å². The van der Waals surface area contributed by atoms with Gasteiger partial charge in [0.05, 0.1) is 11.2 Å². The van der Waals surface area contributed by atoms with Crippen molar-refractivity contribution in [2.24, 2.45) is 0 Å². The quantitative estimate of drug-likeness (QED) is 0.229. The Bertz CT molecular complexity index is 2180. The highest BCUT2D eigenvalue weighted by Crippen LogP contribution is 2.37. The smallest absolute Gasteiger partial charge is 0.160 e. The molecule has 0 saturated carbocycles. The molecule has 0 radical (unpaired) electrons. The summed E-state index contributed by atoms with van der Waals surface area (Å²) in [6.07, 6.45) is 0. The third-order valence-corrected chi connectivity index (χ3v) is 7.63. The maximum atomic E-state index is 5.12. The van der Waals surface area contributed by atoms with E-state index in [1.165, 1.54) is 43.1 Å². The predicted octanol–water partition coefficient (Wildman–Crippen LogP) is 9.58. The van der Waals surface area contributed by atoms with E-state index in [4.69, 9.17) is 9.97 Å². The number of aromatic nitrogens is 2. The first-order valence-electron chi connectivity index (χ1n) is 12.9. The highest BCUT2D eigenvalue weighted by Gasteiger charge is 2.13. The monoisotopic (exact) mass is 482 g/mol. The highest BCUT2D eigenvalue weighted by molar-refractivity contribution is 6.24. The summed E-state index contributed by atoms with van der Waals surface area (Å²) in [5.74, 6) is 0.743. The summed E-state index contributed by atoms with van der Waals surface area (Å²) in [7, 11) is 0. The molecule has 0 fully saturated rings. The van der Waals surface area contributed by atoms with Crippen molar-refractivity contribution in [2.75, 3.05) is 0 Å². The Kier molecular flexibility index (Phi) is 4.55. The Balaban J connectivity index is 1.43. The van der Waals surface area contributed by atoms with Crippen molar-refractivity contribution in [3.8, 4) is 22.6 Å². The molecule has 0 atom stereocenters. The van der Waals surface area contributed by atoms with Gasteiger partial charge in [-0.1, -0.05) is 121 Å². The molecule has 8 rings (SSSR count). The Morgan fingerprint density at radius 2 is 1.03 bits per heavy atom. The summed E-state index contributed by atoms with van der Waals surface area (Å²) >= 11 is 0. The molecule has 2 heteroatoms. The number of hydrogen-bond acceptors (Lipinski definition) is 2. The summed E-state index contributed by atoms with van der Waals surface area (Å²) in [4.78, 5) is 10.1. The fourth-order valence-corrected chi connectivity index (χ4v) is 5.80. The van der Waals surface area contributed by atoms with Crippen LogP contribution in [0.2, 0.25) is 0 Å². The molecule has 0 unspecified atom stereocenters. The topological polar surface area (TPSA) is 25.8 Å². The Labute approximate surface area is 219 Å². The van der Waals surface area contributed by atoms with Crippen LogP contribution in [0, 0.1) is 0 Å². The van der Waals surface area contributed by atoms with E-state index >= 15 is 0 Å². The average Bonchev–Trinajstić information content (AvgIpc) is 3.00. The molecule has 176 valence electrons. The molecule has 0 N–H and O–H groups in total. The van der Waals surface area contributed by atoms with Crippen molar-refractivity contribution in [2.45, 2.75) is 0 Å². The van der Waals surface area contributed by atoms with Crippen molar-refractivity contribution in [3.05, 3.63) is 133 Å². The lowest BCUT2D eigenvalue weighted by atomic mass is 9.93. The van der Waals surface area contributed by atoms with Crippen molar-refractivity contribution in [1.82, 2.24) is 9.97 Å². The Morgan fingerprint density at radius 1 is 0.368 bits per heavy atom. The summed E-state index contributed by atoms with van der Waals surface area (Å²) < 4.78 is 0. The van der Waals surface area contributed by atoms with E-state index in [2.05, 4.69) is 121 Å². The standard InChI is InChI=1S/C36H22N2/c1-2-9-26(10-3-1)35-31-12-6-7-13-33(31)37-36(38-35)27-17-15-24-14-16-25-19-20-29-28-11-5-4-8-23(28)18-21-30(29)34(25)32(24)22-27/h1-22H. The zero-order valence-electron chi connectivity index (χ0n) is 20.6. The molecule has 0 aliphatic rings. The SMILES string of the molecule is c1ccc(-c2nc(-c3ccc4ccc5ccc6c7ccccc7ccc6c5c4c3)nc3ccccc23)cc1. The summed E-state index contributed by atoms with van der Waals surface area (Å²) in [5.41, 5.74) is 4.02. The predicted molar refractivity (Wildman–Crippen MR) is 160 cm³/mol. The number of benzene rings is 7. The van der Waals surface area contributed by atoms with Crippen molar-refractivity contribution >= 4 is 54.0 Å². The van der Waals surface area contributed by atoms with Gasteiger partial charge in [-0.2, -0.15) is 0 Å². The van der Waals surface area contributed by atoms with Gasteiger partial charge in [0.25, 0.3) is 0 Å². The van der Waals surface area contributed by atoms with Crippen LogP contribution in [0.5, 0.6) is 0 Å². The van der Waals surface area contributed by atoms with Crippen LogP contribution in [0.3, 0.4) is 0 Å². The highest BCUT2D eigenvalue weighted by atomic mass is 14.9. The second-order valence-corrected chi connectivity index (χ2v) is 9.83. The number of fused-ring (bicyclic) bond motifs is 8. The number of para-hydroxylation sites is 1. The first-order valence-corrected chi connectivity index (χ1v) is 12.9. The van der Waals surface area contributed by atoms with E-state index in [0.717, 1.165) is 33.5 Å². The molecular formula is C36H22N2. The van der Waals surface area contributed by atoms with Crippen LogP contribution in [0.25, 0.3) is 76.6 Å². The molecule has 1 aromatic heterocycles. The molecule has 0 aliphatic heterocycles. The first kappa shape index (κ1) is 21.0. The van der Waals surface area contributed by atoms with Crippen LogP contribution in [-0.4, -0.2) is 9.97 Å². The third-order valence-electron chi connectivity index (χ3n) is 7.63. The number of hydrogen-bond donors (Lipinski definition) is 0. The molecular weight excluding hydrogens is 460 g/mol. The largest absolute Gasteiger partial charge is 0.228 e. The second-order valence-electron chi connectivity index (χ2n) is 9.83. The normalized spacial score (nSPS) is 11.7. The zero-order valence-corrected chi connectivity index (χ0v) is 20.6. The van der Waals surface area contributed by atoms with Gasteiger partial charge in [-0.25, -0.2) is 9.97 Å². The lowest BCUT2D eigenvalue weighted by Gasteiger charge is -2.12. The van der Waals surface area contributed by atoms with E-state index in [1.807, 2.05) is 12.1 Å². The average molecular weight is 483 g/mol. The number of rotatable bonds is 2. The van der Waals surface area contributed by atoms with Crippen molar-refractivity contribution in [1.29, 1.82) is 0 Å². The Hall–Kier alpha value is -5.08. The van der Waals surface area contributed by atoms with Crippen LogP contribution in [-0.2, 0) is 0 Å². The first-order chi connectivity index (χ1) is 18.8. The maximum absolute atomic E-state index is 5.12. The molecule has 0 aliphatic carbocycles. The van der Waals surface area contributed by atoms with E-state index < -0.39 is 0 Å². The fraction of sp³-hybridized carbons (Fsp3) is 0. The van der Waals surface area contributed by atoms with Gasteiger partial charge >= 0.3 is 0 Å². The third kappa shape index (κ3) is 3.21. The lowest BCUT2D eigenvalue weighted by Crippen LogP contribution is -1.95. The Morgan fingerprint density at radius 3 is 1.95 bits per heavy atom. The van der Waals surface area contributed by atoms with E-state index in [9.17, 15) is 0 Å². The van der Waals surface area contributed by atoms with E-state index in [0.29, 0.717) is 0 Å². The summed E-state index contributed by atoms with van der Waals surface area (Å²) in [6.45, 7) is 0. The molecule has 0 saturated heterocycles. The van der Waals surface area contributed by atoms with Gasteiger partial charge in [0, 0.05) is 16.5 Å². The maximum Gasteiger partial charge on any atom is 0.160 e. The van der Waals surface area contributed by atoms with Gasteiger partial charge < -0.3 is 0 Å². The van der Waals surface area contributed by atoms with Gasteiger partial charge in [0.1, 0.15) is 0 Å². The second kappa shape index (κ2) is 8.22. The van der Waals surface area contributed by atoms with Crippen LogP contribution in [0.4, 0.5) is 0 Å². The molecule has 8 aromatic rings. The molecule has 0 spiro atoms. The lowest BCUT2D eigenvalue weighted by molar-refractivity contribution is 1.23. The molecule has 2 nitrogen and oxygen atoms in total. The summed E-state index contributed by atoms with van der Waals surface area (Å²) in [5, 5.41) is 11.1. The van der Waals surface area contributed by atoms with Crippen molar-refractivity contribution < 1.29 is 0 Å². The fourth-order valence-electron chi connectivity index (χ4n) is 5.80. The molecule has 0 amide bonds. The minimum absolute atomic E-state index is 0.743. The molecule has 1 heterocycles. The van der Waals surface area contributed by atoms with Gasteiger partial charge in [-0.05, 0) is 55.2 Å². The molecule has 38 heavy (non-hydrogen) atoms. The minimum Gasteiger partial charge on any atom is -0.228 e. The van der Waals surface area contributed by atoms with Crippen molar-refractivity contribution in [3.63, 3.8) is 0 Å². The van der Waals surface area contributed by atoms with Gasteiger partial charge in [-0.15, -0.1) is 0 Å². The van der Waals surface area contributed by atoms with E-state index in [1.54, 1.807) is 0 Å². The van der Waals surface area contributed by atoms with E-state index in [-0.39, 0.29) is 0 Å². The zero-order chi connectivity index (χ0) is 25.1. The van der Waals surface area contributed by atoms with Crippen LogP contribution in [0.1, 0.15) is 0 Å². The molecule has 0 bridgehead atoms. The van der Waals surface area contributed by atoms with Crippen LogP contribution < -0.4 is 0 Å². The summed E-state index contributed by atoms with van der Waals surface area (Å²) in [6, 6.07) is 47.3. The van der Waals surface area contributed by atoms with Crippen LogP contribution in [0.15, 0.2) is 133 Å². The minimum atomic E-state index is 0.743. The van der Waals surface area contributed by atoms with Crippen LogP contribution >= 0.6 is 0 Å². The molecule has 7 aromatic carbocycles.